The maximum atomic E-state index is 10.7. The quantitative estimate of drug-likeness (QED) is 0.593. The molecule has 3 heteroatoms. The van der Waals surface area contributed by atoms with E-state index in [1.807, 2.05) is 6.92 Å². The number of rotatable bonds is 4. The van der Waals surface area contributed by atoms with Crippen LogP contribution < -0.4 is 0 Å². The second kappa shape index (κ2) is 3.94. The van der Waals surface area contributed by atoms with Gasteiger partial charge in [0.05, 0.1) is 12.0 Å². The number of carbonyl (C=O) groups is 1. The van der Waals surface area contributed by atoms with Gasteiger partial charge < -0.3 is 4.74 Å². The van der Waals surface area contributed by atoms with Crippen molar-refractivity contribution in [2.24, 2.45) is 5.41 Å². The van der Waals surface area contributed by atoms with E-state index in [-0.39, 0.29) is 5.24 Å². The molecule has 0 saturated carbocycles. The van der Waals surface area contributed by atoms with Crippen LogP contribution in [0.4, 0.5) is 0 Å². The highest BCUT2D eigenvalue weighted by Crippen LogP contribution is 2.18. The smallest absolute Gasteiger partial charge is 0.229 e. The van der Waals surface area contributed by atoms with Gasteiger partial charge in [-0.1, -0.05) is 0 Å². The zero-order valence-corrected chi connectivity index (χ0v) is 7.36. The minimum absolute atomic E-state index is 0.346. The Morgan fingerprint density at radius 1 is 1.60 bits per heavy atom. The molecule has 0 aromatic carbocycles. The fraction of sp³-hybridized carbons (Fsp3) is 0.857. The summed E-state index contributed by atoms with van der Waals surface area (Å²) in [6.45, 7) is 6.42. The Morgan fingerprint density at radius 3 is 2.40 bits per heavy atom. The van der Waals surface area contributed by atoms with Gasteiger partial charge in [0.15, 0.2) is 0 Å². The van der Waals surface area contributed by atoms with Crippen molar-refractivity contribution < 1.29 is 9.53 Å². The lowest BCUT2D eigenvalue weighted by Crippen LogP contribution is -2.25. The van der Waals surface area contributed by atoms with Gasteiger partial charge in [0.1, 0.15) is 0 Å². The molecule has 0 aliphatic heterocycles. The number of hydrogen-bond acceptors (Lipinski definition) is 2. The maximum Gasteiger partial charge on any atom is 0.229 e. The van der Waals surface area contributed by atoms with Crippen LogP contribution in [0.5, 0.6) is 0 Å². The second-order valence-corrected chi connectivity index (χ2v) is 3.14. The molecule has 0 bridgehead atoms. The van der Waals surface area contributed by atoms with Gasteiger partial charge in [0.25, 0.3) is 0 Å². The zero-order valence-electron chi connectivity index (χ0n) is 6.61. The lowest BCUT2D eigenvalue weighted by atomic mass is 9.97. The van der Waals surface area contributed by atoms with Crippen molar-refractivity contribution >= 4 is 16.8 Å². The Morgan fingerprint density at radius 2 is 2.10 bits per heavy atom. The van der Waals surface area contributed by atoms with Crippen molar-refractivity contribution in [1.29, 1.82) is 0 Å². The van der Waals surface area contributed by atoms with Gasteiger partial charge >= 0.3 is 0 Å². The third-order valence-corrected chi connectivity index (χ3v) is 1.71. The van der Waals surface area contributed by atoms with Gasteiger partial charge in [-0.3, -0.25) is 4.79 Å². The molecule has 0 rings (SSSR count). The molecule has 0 N–H and O–H groups in total. The summed E-state index contributed by atoms with van der Waals surface area (Å²) in [6.07, 6.45) is 0. The topological polar surface area (TPSA) is 26.3 Å². The molecule has 0 aliphatic rings. The van der Waals surface area contributed by atoms with Crippen molar-refractivity contribution in [3.63, 3.8) is 0 Å². The Balaban J connectivity index is 3.75. The molecule has 0 amide bonds. The number of carbonyl (C=O) groups excluding carboxylic acids is 1. The first-order valence-corrected chi connectivity index (χ1v) is 3.66. The van der Waals surface area contributed by atoms with Crippen LogP contribution in [0.15, 0.2) is 0 Å². The van der Waals surface area contributed by atoms with E-state index >= 15 is 0 Å². The average molecular weight is 165 g/mol. The van der Waals surface area contributed by atoms with Crippen molar-refractivity contribution in [2.75, 3.05) is 13.2 Å². The van der Waals surface area contributed by atoms with Crippen LogP contribution in [0, 0.1) is 5.41 Å². The van der Waals surface area contributed by atoms with E-state index < -0.39 is 5.41 Å². The highest BCUT2D eigenvalue weighted by atomic mass is 35.5. The van der Waals surface area contributed by atoms with E-state index in [2.05, 4.69) is 0 Å². The highest BCUT2D eigenvalue weighted by molar-refractivity contribution is 6.64. The highest BCUT2D eigenvalue weighted by Gasteiger charge is 2.25. The van der Waals surface area contributed by atoms with Gasteiger partial charge in [0.2, 0.25) is 5.24 Å². The minimum atomic E-state index is -0.544. The van der Waals surface area contributed by atoms with Gasteiger partial charge in [-0.2, -0.15) is 0 Å². The van der Waals surface area contributed by atoms with Crippen LogP contribution >= 0.6 is 11.6 Å². The van der Waals surface area contributed by atoms with Crippen LogP contribution in [-0.2, 0) is 9.53 Å². The molecule has 0 unspecified atom stereocenters. The molecule has 0 spiro atoms. The molecule has 0 fully saturated rings. The summed E-state index contributed by atoms with van der Waals surface area (Å²) in [4.78, 5) is 10.7. The summed E-state index contributed by atoms with van der Waals surface area (Å²) in [5.41, 5.74) is -0.544. The Hall–Kier alpha value is -0.0800. The van der Waals surface area contributed by atoms with Gasteiger partial charge in [0, 0.05) is 6.61 Å². The van der Waals surface area contributed by atoms with Crippen LogP contribution in [0.2, 0.25) is 0 Å². The van der Waals surface area contributed by atoms with Gasteiger partial charge in [-0.15, -0.1) is 0 Å². The zero-order chi connectivity index (χ0) is 8.20. The molecular weight excluding hydrogens is 152 g/mol. The summed E-state index contributed by atoms with van der Waals surface area (Å²) in [5.74, 6) is 0. The van der Waals surface area contributed by atoms with Gasteiger partial charge in [-0.25, -0.2) is 0 Å². The van der Waals surface area contributed by atoms with Crippen molar-refractivity contribution in [2.45, 2.75) is 20.8 Å². The van der Waals surface area contributed by atoms with E-state index in [1.54, 1.807) is 13.8 Å². The molecule has 0 aliphatic carbocycles. The lowest BCUT2D eigenvalue weighted by Gasteiger charge is -2.18. The summed E-state index contributed by atoms with van der Waals surface area (Å²) >= 11 is 5.29. The Bertz CT molecular complexity index is 121. The van der Waals surface area contributed by atoms with E-state index in [9.17, 15) is 4.79 Å². The molecule has 2 nitrogen and oxygen atoms in total. The maximum absolute atomic E-state index is 10.7. The van der Waals surface area contributed by atoms with Crippen LogP contribution in [0.3, 0.4) is 0 Å². The molecule has 0 aromatic heterocycles. The normalized spacial score (nSPS) is 11.6. The van der Waals surface area contributed by atoms with E-state index in [0.717, 1.165) is 0 Å². The first-order chi connectivity index (χ1) is 4.50. The Kier molecular flexibility index (Phi) is 3.91. The number of halogens is 1. The Labute approximate surface area is 66.5 Å². The molecular formula is C7H13ClO2. The molecule has 0 heterocycles. The lowest BCUT2D eigenvalue weighted by molar-refractivity contribution is -0.121. The first kappa shape index (κ1) is 9.92. The molecule has 0 saturated heterocycles. The van der Waals surface area contributed by atoms with Gasteiger partial charge in [-0.05, 0) is 32.4 Å². The number of ether oxygens (including phenoxy) is 1. The van der Waals surface area contributed by atoms with E-state index in [1.165, 1.54) is 0 Å². The number of hydrogen-bond donors (Lipinski definition) is 0. The fourth-order valence-corrected chi connectivity index (χ4v) is 0.469. The summed E-state index contributed by atoms with van der Waals surface area (Å²) in [5, 5.41) is -0.346. The molecule has 0 aromatic rings. The van der Waals surface area contributed by atoms with Crippen LogP contribution in [-0.4, -0.2) is 18.5 Å². The van der Waals surface area contributed by atoms with E-state index in [0.29, 0.717) is 13.2 Å². The minimum Gasteiger partial charge on any atom is -0.381 e. The second-order valence-electron chi connectivity index (χ2n) is 2.79. The molecule has 60 valence electrons. The average Bonchev–Trinajstić information content (AvgIpc) is 1.84. The SMILES string of the molecule is CCOCC(C)(C)C(=O)Cl. The van der Waals surface area contributed by atoms with Crippen LogP contribution in [0.25, 0.3) is 0 Å². The third-order valence-electron chi connectivity index (χ3n) is 1.20. The summed E-state index contributed by atoms with van der Waals surface area (Å²) in [7, 11) is 0. The van der Waals surface area contributed by atoms with Crippen molar-refractivity contribution in [3.05, 3.63) is 0 Å². The third kappa shape index (κ3) is 3.18. The summed E-state index contributed by atoms with van der Waals surface area (Å²) in [6, 6.07) is 0. The van der Waals surface area contributed by atoms with E-state index in [4.69, 9.17) is 16.3 Å². The van der Waals surface area contributed by atoms with Crippen molar-refractivity contribution in [1.82, 2.24) is 0 Å². The standard InChI is InChI=1S/C7H13ClO2/c1-4-10-5-7(2,3)6(8)9/h4-5H2,1-3H3. The molecule has 10 heavy (non-hydrogen) atoms. The van der Waals surface area contributed by atoms with Crippen LogP contribution in [0.1, 0.15) is 20.8 Å². The van der Waals surface area contributed by atoms with Crippen molar-refractivity contribution in [3.8, 4) is 0 Å². The first-order valence-electron chi connectivity index (χ1n) is 3.28. The molecule has 0 radical (unpaired) electrons. The largest absolute Gasteiger partial charge is 0.381 e. The monoisotopic (exact) mass is 164 g/mol. The molecule has 0 atom stereocenters. The fourth-order valence-electron chi connectivity index (χ4n) is 0.414. The predicted octanol–water partition coefficient (Wildman–Crippen LogP) is 1.81. The summed E-state index contributed by atoms with van der Waals surface area (Å²) < 4.78 is 5.05. The predicted molar refractivity (Wildman–Crippen MR) is 41.1 cm³/mol.